The van der Waals surface area contributed by atoms with E-state index < -0.39 is 10.7 Å². The van der Waals surface area contributed by atoms with Crippen molar-refractivity contribution in [3.05, 3.63) is 28.1 Å². The summed E-state index contributed by atoms with van der Waals surface area (Å²) in [7, 11) is 1.29. The first-order valence-corrected chi connectivity index (χ1v) is 4.56. The van der Waals surface area contributed by atoms with Crippen LogP contribution in [0, 0.1) is 15.9 Å². The zero-order chi connectivity index (χ0) is 12.1. The summed E-state index contributed by atoms with van der Waals surface area (Å²) in [6.45, 7) is 0.673. The molecule has 0 saturated carbocycles. The summed E-state index contributed by atoms with van der Waals surface area (Å²) in [5, 5.41) is 13.4. The highest BCUT2D eigenvalue weighted by atomic mass is 19.1. The molecule has 0 unspecified atom stereocenters. The van der Waals surface area contributed by atoms with Crippen LogP contribution in [0.5, 0.6) is 5.75 Å². The minimum Gasteiger partial charge on any atom is -0.494 e. The SMILES string of the molecule is COc1cc(NCCN)c([N+](=O)[O-])cc1F. The molecule has 88 valence electrons. The van der Waals surface area contributed by atoms with Gasteiger partial charge in [-0.15, -0.1) is 0 Å². The number of nitro groups is 1. The lowest BCUT2D eigenvalue weighted by atomic mass is 10.2. The second-order valence-electron chi connectivity index (χ2n) is 2.98. The van der Waals surface area contributed by atoms with E-state index in [1.807, 2.05) is 0 Å². The summed E-state index contributed by atoms with van der Waals surface area (Å²) >= 11 is 0. The first-order valence-electron chi connectivity index (χ1n) is 4.56. The molecule has 0 spiro atoms. The quantitative estimate of drug-likeness (QED) is 0.583. The Balaban J connectivity index is 3.14. The number of hydrogen-bond donors (Lipinski definition) is 2. The Bertz CT molecular complexity index is 398. The van der Waals surface area contributed by atoms with E-state index in [-0.39, 0.29) is 17.1 Å². The third kappa shape index (κ3) is 2.57. The van der Waals surface area contributed by atoms with E-state index in [9.17, 15) is 14.5 Å². The van der Waals surface area contributed by atoms with Gasteiger partial charge < -0.3 is 15.8 Å². The van der Waals surface area contributed by atoms with E-state index in [1.165, 1.54) is 13.2 Å². The molecule has 16 heavy (non-hydrogen) atoms. The molecule has 0 heterocycles. The molecule has 0 atom stereocenters. The summed E-state index contributed by atoms with van der Waals surface area (Å²) in [4.78, 5) is 10.00. The molecule has 7 heteroatoms. The van der Waals surface area contributed by atoms with E-state index in [2.05, 4.69) is 5.32 Å². The molecule has 1 aromatic carbocycles. The highest BCUT2D eigenvalue weighted by Crippen LogP contribution is 2.31. The topological polar surface area (TPSA) is 90.4 Å². The van der Waals surface area contributed by atoms with Crippen LogP contribution in [0.2, 0.25) is 0 Å². The summed E-state index contributed by atoms with van der Waals surface area (Å²) < 4.78 is 18.0. The van der Waals surface area contributed by atoms with Crippen LogP contribution in [0.3, 0.4) is 0 Å². The van der Waals surface area contributed by atoms with Crippen molar-refractivity contribution in [3.63, 3.8) is 0 Å². The van der Waals surface area contributed by atoms with Gasteiger partial charge in [-0.1, -0.05) is 0 Å². The minimum absolute atomic E-state index is 0.0508. The molecule has 0 amide bonds. The summed E-state index contributed by atoms with van der Waals surface area (Å²) in [5.74, 6) is -0.822. The molecule has 0 aliphatic rings. The number of nitrogens with two attached hydrogens (primary N) is 1. The monoisotopic (exact) mass is 229 g/mol. The number of ether oxygens (including phenoxy) is 1. The van der Waals surface area contributed by atoms with Gasteiger partial charge in [0.1, 0.15) is 5.69 Å². The zero-order valence-corrected chi connectivity index (χ0v) is 8.70. The van der Waals surface area contributed by atoms with Crippen molar-refractivity contribution in [2.24, 2.45) is 5.73 Å². The smallest absolute Gasteiger partial charge is 0.295 e. The number of nitrogens with one attached hydrogen (secondary N) is 1. The third-order valence-electron chi connectivity index (χ3n) is 1.93. The summed E-state index contributed by atoms with van der Waals surface area (Å²) in [6.07, 6.45) is 0. The Morgan fingerprint density at radius 3 is 2.81 bits per heavy atom. The van der Waals surface area contributed by atoms with Crippen LogP contribution in [-0.4, -0.2) is 25.1 Å². The second kappa shape index (κ2) is 5.26. The van der Waals surface area contributed by atoms with Gasteiger partial charge in [-0.3, -0.25) is 10.1 Å². The minimum atomic E-state index is -0.771. The lowest BCUT2D eigenvalue weighted by Crippen LogP contribution is -2.14. The van der Waals surface area contributed by atoms with E-state index in [0.29, 0.717) is 13.1 Å². The van der Waals surface area contributed by atoms with Crippen molar-refractivity contribution in [2.45, 2.75) is 0 Å². The van der Waals surface area contributed by atoms with Gasteiger partial charge in [0.05, 0.1) is 18.1 Å². The Labute approximate surface area is 91.3 Å². The number of rotatable bonds is 5. The maximum Gasteiger partial charge on any atom is 0.295 e. The van der Waals surface area contributed by atoms with Crippen molar-refractivity contribution in [1.29, 1.82) is 0 Å². The number of anilines is 1. The standard InChI is InChI=1S/C9H12FN3O3/c1-16-9-5-7(12-3-2-11)8(13(14)15)4-6(9)10/h4-5,12H,2-3,11H2,1H3. The maximum atomic E-state index is 13.2. The predicted molar refractivity (Wildman–Crippen MR) is 57.2 cm³/mol. The van der Waals surface area contributed by atoms with Gasteiger partial charge >= 0.3 is 0 Å². The van der Waals surface area contributed by atoms with Crippen LogP contribution >= 0.6 is 0 Å². The van der Waals surface area contributed by atoms with Gasteiger partial charge in [0.2, 0.25) is 0 Å². The first kappa shape index (κ1) is 12.2. The van der Waals surface area contributed by atoms with Crippen LogP contribution in [0.4, 0.5) is 15.8 Å². The molecule has 1 aromatic rings. The van der Waals surface area contributed by atoms with Gasteiger partial charge in [-0.2, -0.15) is 0 Å². The van der Waals surface area contributed by atoms with Crippen LogP contribution < -0.4 is 15.8 Å². The molecular formula is C9H12FN3O3. The second-order valence-corrected chi connectivity index (χ2v) is 2.98. The molecule has 0 fully saturated rings. The fourth-order valence-corrected chi connectivity index (χ4v) is 1.20. The van der Waals surface area contributed by atoms with Crippen molar-refractivity contribution in [3.8, 4) is 5.75 Å². The maximum absolute atomic E-state index is 13.2. The molecule has 0 radical (unpaired) electrons. The van der Waals surface area contributed by atoms with Crippen LogP contribution in [0.25, 0.3) is 0 Å². The Kier molecular flexibility index (Phi) is 4.01. The lowest BCUT2D eigenvalue weighted by Gasteiger charge is -2.08. The van der Waals surface area contributed by atoms with Gasteiger partial charge in [0.25, 0.3) is 5.69 Å². The molecule has 0 aliphatic heterocycles. The highest BCUT2D eigenvalue weighted by Gasteiger charge is 2.18. The Hall–Kier alpha value is -1.89. The van der Waals surface area contributed by atoms with E-state index in [4.69, 9.17) is 10.5 Å². The highest BCUT2D eigenvalue weighted by molar-refractivity contribution is 5.64. The van der Waals surface area contributed by atoms with Gasteiger partial charge in [0.15, 0.2) is 11.6 Å². The number of halogens is 1. The van der Waals surface area contributed by atoms with Crippen LogP contribution in [0.1, 0.15) is 0 Å². The van der Waals surface area contributed by atoms with Gasteiger partial charge in [-0.05, 0) is 0 Å². The van der Waals surface area contributed by atoms with Crippen molar-refractivity contribution < 1.29 is 14.1 Å². The Morgan fingerprint density at radius 1 is 1.62 bits per heavy atom. The lowest BCUT2D eigenvalue weighted by molar-refractivity contribution is -0.384. The van der Waals surface area contributed by atoms with E-state index in [1.54, 1.807) is 0 Å². The first-order chi connectivity index (χ1) is 7.60. The van der Waals surface area contributed by atoms with E-state index >= 15 is 0 Å². The number of benzene rings is 1. The zero-order valence-electron chi connectivity index (χ0n) is 8.70. The fourth-order valence-electron chi connectivity index (χ4n) is 1.20. The number of hydrogen-bond acceptors (Lipinski definition) is 5. The largest absolute Gasteiger partial charge is 0.494 e. The molecule has 6 nitrogen and oxygen atoms in total. The molecular weight excluding hydrogens is 217 g/mol. The average Bonchev–Trinajstić information content (AvgIpc) is 2.26. The molecule has 0 saturated heterocycles. The fraction of sp³-hybridized carbons (Fsp3) is 0.333. The van der Waals surface area contributed by atoms with Gasteiger partial charge in [-0.25, -0.2) is 4.39 Å². The van der Waals surface area contributed by atoms with Crippen molar-refractivity contribution >= 4 is 11.4 Å². The normalized spacial score (nSPS) is 9.94. The average molecular weight is 229 g/mol. The number of methoxy groups -OCH3 is 1. The van der Waals surface area contributed by atoms with Crippen molar-refractivity contribution in [1.82, 2.24) is 0 Å². The summed E-state index contributed by atoms with van der Waals surface area (Å²) in [5.41, 5.74) is 5.11. The van der Waals surface area contributed by atoms with Gasteiger partial charge in [0, 0.05) is 19.2 Å². The third-order valence-corrected chi connectivity index (χ3v) is 1.93. The van der Waals surface area contributed by atoms with E-state index in [0.717, 1.165) is 6.07 Å². The molecule has 1 rings (SSSR count). The molecule has 0 aliphatic carbocycles. The van der Waals surface area contributed by atoms with Crippen LogP contribution in [0.15, 0.2) is 12.1 Å². The van der Waals surface area contributed by atoms with Crippen molar-refractivity contribution in [2.75, 3.05) is 25.5 Å². The Morgan fingerprint density at radius 2 is 2.31 bits per heavy atom. The van der Waals surface area contributed by atoms with Crippen LogP contribution in [-0.2, 0) is 0 Å². The molecule has 0 aromatic heterocycles. The summed E-state index contributed by atoms with van der Waals surface area (Å²) in [6, 6.07) is 2.06. The molecule has 0 bridgehead atoms. The predicted octanol–water partition coefficient (Wildman–Crippen LogP) is 1.11. The number of nitro benzene ring substituents is 1. The number of nitrogens with zero attached hydrogens (tertiary/aromatic N) is 1. The molecule has 3 N–H and O–H groups in total.